The number of ether oxygens (including phenoxy) is 1. The van der Waals surface area contributed by atoms with Crippen LogP contribution in [0.4, 0.5) is 10.1 Å². The zero-order valence-electron chi connectivity index (χ0n) is 11.2. The fourth-order valence-electron chi connectivity index (χ4n) is 2.41. The molecule has 0 radical (unpaired) electrons. The third-order valence-electron chi connectivity index (χ3n) is 3.84. The summed E-state index contributed by atoms with van der Waals surface area (Å²) in [6.07, 6.45) is 4.93. The molecule has 1 aromatic rings. The highest BCUT2D eigenvalue weighted by atomic mass is 19.1. The predicted molar refractivity (Wildman–Crippen MR) is 71.6 cm³/mol. The molecule has 0 heterocycles. The van der Waals surface area contributed by atoms with E-state index in [1.807, 2.05) is 6.07 Å². The molecule has 1 saturated carbocycles. The van der Waals surface area contributed by atoms with E-state index in [0.717, 1.165) is 18.4 Å². The lowest BCUT2D eigenvalue weighted by Gasteiger charge is -2.34. The van der Waals surface area contributed by atoms with Crippen LogP contribution >= 0.6 is 0 Å². The van der Waals surface area contributed by atoms with Gasteiger partial charge in [0, 0.05) is 0 Å². The van der Waals surface area contributed by atoms with E-state index in [-0.39, 0.29) is 11.5 Å². The lowest BCUT2D eigenvalue weighted by molar-refractivity contribution is -0.00565. The van der Waals surface area contributed by atoms with Crippen molar-refractivity contribution in [1.82, 2.24) is 0 Å². The SMILES string of the molecule is CC1(C)CCC(OCc2ccc(N)c(F)c2)CC1. The quantitative estimate of drug-likeness (QED) is 0.827. The number of halogens is 1. The van der Waals surface area contributed by atoms with Crippen LogP contribution < -0.4 is 5.73 Å². The molecule has 0 bridgehead atoms. The summed E-state index contributed by atoms with van der Waals surface area (Å²) in [6, 6.07) is 4.88. The van der Waals surface area contributed by atoms with Crippen molar-refractivity contribution in [2.75, 3.05) is 5.73 Å². The van der Waals surface area contributed by atoms with Crippen molar-refractivity contribution in [3.63, 3.8) is 0 Å². The van der Waals surface area contributed by atoms with Crippen molar-refractivity contribution in [3.05, 3.63) is 29.6 Å². The van der Waals surface area contributed by atoms with Crippen molar-refractivity contribution in [1.29, 1.82) is 0 Å². The van der Waals surface area contributed by atoms with Crippen LogP contribution in [0.15, 0.2) is 18.2 Å². The van der Waals surface area contributed by atoms with E-state index in [0.29, 0.717) is 18.1 Å². The summed E-state index contributed by atoms with van der Waals surface area (Å²) in [5, 5.41) is 0. The summed E-state index contributed by atoms with van der Waals surface area (Å²) in [7, 11) is 0. The third-order valence-corrected chi connectivity index (χ3v) is 3.84. The van der Waals surface area contributed by atoms with E-state index < -0.39 is 0 Å². The van der Waals surface area contributed by atoms with Gasteiger partial charge in [0.05, 0.1) is 18.4 Å². The van der Waals surface area contributed by atoms with E-state index in [9.17, 15) is 4.39 Å². The molecule has 2 nitrogen and oxygen atoms in total. The lowest BCUT2D eigenvalue weighted by Crippen LogP contribution is -2.26. The maximum atomic E-state index is 13.3. The Kier molecular flexibility index (Phi) is 3.91. The Morgan fingerprint density at radius 2 is 2.00 bits per heavy atom. The number of hydrogen-bond acceptors (Lipinski definition) is 2. The Bertz CT molecular complexity index is 407. The molecule has 0 aliphatic heterocycles. The lowest BCUT2D eigenvalue weighted by atomic mass is 9.76. The van der Waals surface area contributed by atoms with Gasteiger partial charge in [0.15, 0.2) is 0 Å². The van der Waals surface area contributed by atoms with Crippen molar-refractivity contribution in [3.8, 4) is 0 Å². The number of benzene rings is 1. The highest BCUT2D eigenvalue weighted by Gasteiger charge is 2.27. The van der Waals surface area contributed by atoms with Gasteiger partial charge in [-0.05, 0) is 48.8 Å². The van der Waals surface area contributed by atoms with Gasteiger partial charge in [-0.15, -0.1) is 0 Å². The number of anilines is 1. The van der Waals surface area contributed by atoms with Crippen LogP contribution in [0, 0.1) is 11.2 Å². The van der Waals surface area contributed by atoms with Crippen LogP contribution in [-0.2, 0) is 11.3 Å². The van der Waals surface area contributed by atoms with Gasteiger partial charge in [0.25, 0.3) is 0 Å². The first kappa shape index (κ1) is 13.3. The van der Waals surface area contributed by atoms with E-state index in [4.69, 9.17) is 10.5 Å². The molecule has 3 heteroatoms. The smallest absolute Gasteiger partial charge is 0.146 e. The molecule has 0 spiro atoms. The molecule has 1 fully saturated rings. The second kappa shape index (κ2) is 5.27. The Balaban J connectivity index is 1.83. The zero-order chi connectivity index (χ0) is 13.2. The first-order valence-corrected chi connectivity index (χ1v) is 6.62. The fourth-order valence-corrected chi connectivity index (χ4v) is 2.41. The van der Waals surface area contributed by atoms with Gasteiger partial charge in [0.2, 0.25) is 0 Å². The summed E-state index contributed by atoms with van der Waals surface area (Å²) in [4.78, 5) is 0. The summed E-state index contributed by atoms with van der Waals surface area (Å²) < 4.78 is 19.1. The van der Waals surface area contributed by atoms with Crippen LogP contribution in [0.3, 0.4) is 0 Å². The average Bonchev–Trinajstić information content (AvgIpc) is 2.32. The number of nitrogens with two attached hydrogens (primary N) is 1. The fraction of sp³-hybridized carbons (Fsp3) is 0.600. The van der Waals surface area contributed by atoms with E-state index >= 15 is 0 Å². The molecule has 2 rings (SSSR count). The maximum absolute atomic E-state index is 13.3. The van der Waals surface area contributed by atoms with Gasteiger partial charge in [0.1, 0.15) is 5.82 Å². The molecular formula is C15H22FNO. The monoisotopic (exact) mass is 251 g/mol. The van der Waals surface area contributed by atoms with Gasteiger partial charge >= 0.3 is 0 Å². The van der Waals surface area contributed by atoms with Crippen LogP contribution in [0.25, 0.3) is 0 Å². The molecule has 18 heavy (non-hydrogen) atoms. The summed E-state index contributed by atoms with van der Waals surface area (Å²) in [6.45, 7) is 5.08. The Morgan fingerprint density at radius 3 is 2.61 bits per heavy atom. The Hall–Kier alpha value is -1.09. The molecule has 100 valence electrons. The predicted octanol–water partition coefficient (Wildman–Crippen LogP) is 3.89. The Labute approximate surface area is 108 Å². The molecule has 1 aromatic carbocycles. The second-order valence-electron chi connectivity index (χ2n) is 6.03. The van der Waals surface area contributed by atoms with E-state index in [1.54, 1.807) is 6.07 Å². The minimum Gasteiger partial charge on any atom is -0.396 e. The van der Waals surface area contributed by atoms with Crippen molar-refractivity contribution in [2.45, 2.75) is 52.2 Å². The van der Waals surface area contributed by atoms with Gasteiger partial charge in [-0.25, -0.2) is 4.39 Å². The average molecular weight is 251 g/mol. The third kappa shape index (κ3) is 3.45. The highest BCUT2D eigenvalue weighted by molar-refractivity contribution is 5.41. The summed E-state index contributed by atoms with van der Waals surface area (Å²) >= 11 is 0. The van der Waals surface area contributed by atoms with Crippen molar-refractivity contribution >= 4 is 5.69 Å². The molecular weight excluding hydrogens is 229 g/mol. The highest BCUT2D eigenvalue weighted by Crippen LogP contribution is 2.36. The normalized spacial score (nSPS) is 19.9. The number of hydrogen-bond donors (Lipinski definition) is 1. The van der Waals surface area contributed by atoms with Gasteiger partial charge in [-0.1, -0.05) is 19.9 Å². The van der Waals surface area contributed by atoms with Crippen LogP contribution in [0.2, 0.25) is 0 Å². The first-order chi connectivity index (χ1) is 8.46. The molecule has 2 N–H and O–H groups in total. The molecule has 0 unspecified atom stereocenters. The van der Waals surface area contributed by atoms with Gasteiger partial charge in [-0.2, -0.15) is 0 Å². The molecule has 1 aliphatic carbocycles. The zero-order valence-corrected chi connectivity index (χ0v) is 11.2. The topological polar surface area (TPSA) is 35.2 Å². The molecule has 0 aromatic heterocycles. The van der Waals surface area contributed by atoms with E-state index in [2.05, 4.69) is 13.8 Å². The summed E-state index contributed by atoms with van der Waals surface area (Å²) in [5.41, 5.74) is 6.94. The molecule has 0 atom stereocenters. The summed E-state index contributed by atoms with van der Waals surface area (Å²) in [5.74, 6) is -0.360. The first-order valence-electron chi connectivity index (χ1n) is 6.62. The van der Waals surface area contributed by atoms with Crippen molar-refractivity contribution in [2.24, 2.45) is 5.41 Å². The molecule has 1 aliphatic rings. The number of nitrogen functional groups attached to an aromatic ring is 1. The Morgan fingerprint density at radius 1 is 1.33 bits per heavy atom. The minimum atomic E-state index is -0.360. The standard InChI is InChI=1S/C15H22FNO/c1-15(2)7-5-12(6-8-15)18-10-11-3-4-14(17)13(16)9-11/h3-4,9,12H,5-8,10,17H2,1-2H3. The van der Waals surface area contributed by atoms with Crippen LogP contribution in [0.5, 0.6) is 0 Å². The van der Waals surface area contributed by atoms with Gasteiger partial charge < -0.3 is 10.5 Å². The second-order valence-corrected chi connectivity index (χ2v) is 6.03. The van der Waals surface area contributed by atoms with Gasteiger partial charge in [-0.3, -0.25) is 0 Å². The molecule has 0 amide bonds. The van der Waals surface area contributed by atoms with Crippen molar-refractivity contribution < 1.29 is 9.13 Å². The van der Waals surface area contributed by atoms with Crippen LogP contribution in [0.1, 0.15) is 45.1 Å². The molecule has 0 saturated heterocycles. The maximum Gasteiger partial charge on any atom is 0.146 e. The van der Waals surface area contributed by atoms with Crippen LogP contribution in [-0.4, -0.2) is 6.10 Å². The van der Waals surface area contributed by atoms with E-state index in [1.165, 1.54) is 18.9 Å². The minimum absolute atomic E-state index is 0.193. The largest absolute Gasteiger partial charge is 0.396 e. The number of rotatable bonds is 3.